The highest BCUT2D eigenvalue weighted by Crippen LogP contribution is 2.40. The molecule has 0 radical (unpaired) electrons. The molecule has 0 amide bonds. The molecule has 0 aromatic heterocycles. The third kappa shape index (κ3) is 6.30. The van der Waals surface area contributed by atoms with Crippen molar-refractivity contribution >= 4 is 18.7 Å². The molecule has 1 unspecified atom stereocenters. The molecule has 0 fully saturated rings. The molecule has 3 aromatic rings. The summed E-state index contributed by atoms with van der Waals surface area (Å²) in [6.45, 7) is 7.76. The highest BCUT2D eigenvalue weighted by molar-refractivity contribution is 6.99. The van der Waals surface area contributed by atoms with Crippen LogP contribution in [0.25, 0.3) is 0 Å². The quantitative estimate of drug-likeness (QED) is 0.155. The fraction of sp³-hybridized carbons (Fsp3) is 0.310. The van der Waals surface area contributed by atoms with Crippen molar-refractivity contribution in [3.8, 4) is 0 Å². The predicted molar refractivity (Wildman–Crippen MR) is 139 cm³/mol. The van der Waals surface area contributed by atoms with E-state index in [1.165, 1.54) is 15.9 Å². The Morgan fingerprint density at radius 2 is 1.27 bits per heavy atom. The van der Waals surface area contributed by atoms with Crippen LogP contribution in [0.5, 0.6) is 0 Å². The standard InChI is InChI=1S/C29H36O3Si/c1-29(2,3)33(26-18-10-6-11-19-26,27-20-12-7-13-21-27)32-28(25-16-8-5-9-17-25)22-14-15-23-31-24-30-4/h5-21,28H,22-24H2,1-4H3/b15-14+. The number of benzene rings is 3. The van der Waals surface area contributed by atoms with E-state index in [1.807, 2.05) is 6.08 Å². The van der Waals surface area contributed by atoms with E-state index in [0.717, 1.165) is 6.42 Å². The summed E-state index contributed by atoms with van der Waals surface area (Å²) in [7, 11) is -1.03. The Morgan fingerprint density at radius 1 is 0.758 bits per heavy atom. The van der Waals surface area contributed by atoms with Gasteiger partial charge in [-0.3, -0.25) is 0 Å². The van der Waals surface area contributed by atoms with Crippen molar-refractivity contribution in [1.82, 2.24) is 0 Å². The van der Waals surface area contributed by atoms with Crippen LogP contribution in [0.3, 0.4) is 0 Å². The van der Waals surface area contributed by atoms with Crippen molar-refractivity contribution in [2.24, 2.45) is 0 Å². The van der Waals surface area contributed by atoms with E-state index in [1.54, 1.807) is 7.11 Å². The molecule has 0 spiro atoms. The van der Waals surface area contributed by atoms with Crippen molar-refractivity contribution in [1.29, 1.82) is 0 Å². The van der Waals surface area contributed by atoms with E-state index in [9.17, 15) is 0 Å². The van der Waals surface area contributed by atoms with Crippen LogP contribution in [0.4, 0.5) is 0 Å². The number of hydrogen-bond acceptors (Lipinski definition) is 3. The molecule has 0 bridgehead atoms. The summed E-state index contributed by atoms with van der Waals surface area (Å²) in [5.74, 6) is 0. The normalized spacial score (nSPS) is 13.3. The van der Waals surface area contributed by atoms with Gasteiger partial charge in [0.05, 0.1) is 12.7 Å². The monoisotopic (exact) mass is 460 g/mol. The van der Waals surface area contributed by atoms with Gasteiger partial charge in [0.25, 0.3) is 8.32 Å². The molecule has 3 nitrogen and oxygen atoms in total. The summed E-state index contributed by atoms with van der Waals surface area (Å²) in [4.78, 5) is 0. The van der Waals surface area contributed by atoms with E-state index in [2.05, 4.69) is 118 Å². The smallest absolute Gasteiger partial charge is 0.261 e. The Hall–Kier alpha value is -2.50. The Bertz CT molecular complexity index is 927. The van der Waals surface area contributed by atoms with E-state index >= 15 is 0 Å². The molecular weight excluding hydrogens is 424 g/mol. The Morgan fingerprint density at radius 3 is 1.76 bits per heavy atom. The topological polar surface area (TPSA) is 27.7 Å². The lowest BCUT2D eigenvalue weighted by atomic mass is 10.1. The zero-order valence-corrected chi connectivity index (χ0v) is 21.2. The second-order valence-electron chi connectivity index (χ2n) is 9.16. The van der Waals surface area contributed by atoms with Gasteiger partial charge in [-0.15, -0.1) is 0 Å². The molecule has 0 aliphatic carbocycles. The third-order valence-electron chi connectivity index (χ3n) is 5.84. The highest BCUT2D eigenvalue weighted by Gasteiger charge is 2.51. The minimum absolute atomic E-state index is 0.0730. The molecule has 174 valence electrons. The van der Waals surface area contributed by atoms with Crippen LogP contribution >= 0.6 is 0 Å². The van der Waals surface area contributed by atoms with Crippen molar-refractivity contribution in [3.63, 3.8) is 0 Å². The Labute approximate surface area is 200 Å². The fourth-order valence-electron chi connectivity index (χ4n) is 4.31. The van der Waals surface area contributed by atoms with Crippen LogP contribution in [0, 0.1) is 0 Å². The maximum Gasteiger partial charge on any atom is 0.261 e. The van der Waals surface area contributed by atoms with Gasteiger partial charge in [0.15, 0.2) is 0 Å². The molecule has 33 heavy (non-hydrogen) atoms. The molecule has 3 rings (SSSR count). The van der Waals surface area contributed by atoms with E-state index < -0.39 is 8.32 Å². The maximum atomic E-state index is 7.41. The lowest BCUT2D eigenvalue weighted by Gasteiger charge is -2.45. The number of methoxy groups -OCH3 is 1. The van der Waals surface area contributed by atoms with Gasteiger partial charge in [0.2, 0.25) is 0 Å². The molecule has 0 saturated carbocycles. The zero-order valence-electron chi connectivity index (χ0n) is 20.2. The van der Waals surface area contributed by atoms with Crippen LogP contribution in [-0.2, 0) is 13.9 Å². The molecule has 0 aliphatic rings. The second-order valence-corrected chi connectivity index (χ2v) is 13.4. The van der Waals surface area contributed by atoms with Crippen molar-refractivity contribution in [3.05, 3.63) is 109 Å². The van der Waals surface area contributed by atoms with Gasteiger partial charge in [-0.25, -0.2) is 0 Å². The molecule has 0 aliphatic heterocycles. The Kier molecular flexibility index (Phi) is 9.21. The molecule has 0 heterocycles. The first-order chi connectivity index (χ1) is 16.0. The number of ether oxygens (including phenoxy) is 2. The van der Waals surface area contributed by atoms with Gasteiger partial charge in [0, 0.05) is 7.11 Å². The van der Waals surface area contributed by atoms with Gasteiger partial charge in [0.1, 0.15) is 6.79 Å². The lowest BCUT2D eigenvalue weighted by Crippen LogP contribution is -2.66. The summed E-state index contributed by atoms with van der Waals surface area (Å²) in [5, 5.41) is 2.50. The third-order valence-corrected chi connectivity index (χ3v) is 10.9. The van der Waals surface area contributed by atoms with Crippen LogP contribution in [0.15, 0.2) is 103 Å². The molecule has 3 aromatic carbocycles. The molecule has 0 saturated heterocycles. The van der Waals surface area contributed by atoms with Crippen molar-refractivity contribution in [2.45, 2.75) is 38.3 Å². The summed E-state index contributed by atoms with van der Waals surface area (Å²) in [5.41, 5.74) is 1.19. The van der Waals surface area contributed by atoms with Gasteiger partial charge in [-0.2, -0.15) is 0 Å². The molecule has 1 atom stereocenters. The minimum atomic E-state index is -2.66. The van der Waals surface area contributed by atoms with Crippen molar-refractivity contribution in [2.75, 3.05) is 20.5 Å². The average Bonchev–Trinajstić information content (AvgIpc) is 2.84. The van der Waals surface area contributed by atoms with Crippen LogP contribution in [0.2, 0.25) is 5.04 Å². The Balaban J connectivity index is 2.05. The second kappa shape index (κ2) is 12.1. The van der Waals surface area contributed by atoms with Gasteiger partial charge in [-0.05, 0) is 27.4 Å². The first kappa shape index (κ1) is 25.1. The number of hydrogen-bond donors (Lipinski definition) is 0. The van der Waals surface area contributed by atoms with Gasteiger partial charge in [-0.1, -0.05) is 124 Å². The SMILES string of the molecule is COCOC/C=C/CC(O[Si](c1ccccc1)(c1ccccc1)C(C)(C)C)c1ccccc1. The van der Waals surface area contributed by atoms with E-state index in [-0.39, 0.29) is 11.1 Å². The first-order valence-corrected chi connectivity index (χ1v) is 13.5. The molecular formula is C29H36O3Si. The van der Waals surface area contributed by atoms with Gasteiger partial charge < -0.3 is 13.9 Å². The van der Waals surface area contributed by atoms with Gasteiger partial charge >= 0.3 is 0 Å². The van der Waals surface area contributed by atoms with Crippen LogP contribution in [0.1, 0.15) is 38.9 Å². The minimum Gasteiger partial charge on any atom is -0.400 e. The van der Waals surface area contributed by atoms with Crippen LogP contribution < -0.4 is 10.4 Å². The maximum absolute atomic E-state index is 7.41. The highest BCUT2D eigenvalue weighted by atomic mass is 28.4. The molecule has 4 heteroatoms. The summed E-state index contributed by atoms with van der Waals surface area (Å²) in [6.07, 6.45) is 4.90. The van der Waals surface area contributed by atoms with E-state index in [4.69, 9.17) is 13.9 Å². The fourth-order valence-corrected chi connectivity index (χ4v) is 8.99. The number of rotatable bonds is 11. The largest absolute Gasteiger partial charge is 0.400 e. The van der Waals surface area contributed by atoms with E-state index in [0.29, 0.717) is 13.4 Å². The molecule has 0 N–H and O–H groups in total. The zero-order chi connectivity index (χ0) is 23.6. The average molecular weight is 461 g/mol. The summed E-state index contributed by atoms with van der Waals surface area (Å²) < 4.78 is 17.8. The summed E-state index contributed by atoms with van der Waals surface area (Å²) >= 11 is 0. The lowest BCUT2D eigenvalue weighted by molar-refractivity contribution is -0.0187. The van der Waals surface area contributed by atoms with Crippen molar-refractivity contribution < 1.29 is 13.9 Å². The summed E-state index contributed by atoms with van der Waals surface area (Å²) in [6, 6.07) is 32.2. The van der Waals surface area contributed by atoms with Crippen LogP contribution in [-0.4, -0.2) is 28.8 Å². The predicted octanol–water partition coefficient (Wildman–Crippen LogP) is 5.87. The first-order valence-electron chi connectivity index (χ1n) is 11.5.